The average Bonchev–Trinajstić information content (AvgIpc) is 2.87. The third kappa shape index (κ3) is 2.07. The van der Waals surface area contributed by atoms with Gasteiger partial charge in [0.2, 0.25) is 0 Å². The van der Waals surface area contributed by atoms with E-state index in [1.54, 1.807) is 11.3 Å². The molecule has 0 spiro atoms. The number of nitriles is 1. The van der Waals surface area contributed by atoms with Crippen LogP contribution in [0.3, 0.4) is 0 Å². The Kier molecular flexibility index (Phi) is 3.76. The number of fused-ring (bicyclic) bond motifs is 1. The monoisotopic (exact) mass is 323 g/mol. The van der Waals surface area contributed by atoms with Gasteiger partial charge in [0, 0.05) is 21.2 Å². The van der Waals surface area contributed by atoms with E-state index in [4.69, 9.17) is 5.11 Å². The number of nitrogens with zero attached hydrogens (tertiary/aromatic N) is 1. The van der Waals surface area contributed by atoms with Crippen molar-refractivity contribution in [2.24, 2.45) is 5.92 Å². The van der Waals surface area contributed by atoms with E-state index in [0.29, 0.717) is 5.92 Å². The second-order valence-electron chi connectivity index (χ2n) is 4.48. The lowest BCUT2D eigenvalue weighted by atomic mass is 10.0. The molecular weight excluding hydrogens is 310 g/mol. The first-order chi connectivity index (χ1) is 8.65. The van der Waals surface area contributed by atoms with Crippen LogP contribution in [0.15, 0.2) is 28.7 Å². The Hall–Kier alpha value is -0.890. The molecule has 2 nitrogen and oxygen atoms in total. The van der Waals surface area contributed by atoms with Crippen molar-refractivity contribution in [3.8, 4) is 6.07 Å². The Morgan fingerprint density at radius 2 is 2.11 bits per heavy atom. The number of hydrogen-bond donors (Lipinski definition) is 1. The minimum Gasteiger partial charge on any atom is -0.400 e. The predicted octanol–water partition coefficient (Wildman–Crippen LogP) is 4.07. The highest BCUT2D eigenvalue weighted by molar-refractivity contribution is 9.10. The van der Waals surface area contributed by atoms with E-state index >= 15 is 0 Å². The van der Waals surface area contributed by atoms with Gasteiger partial charge in [0.05, 0.1) is 11.5 Å². The fourth-order valence-corrected chi connectivity index (χ4v) is 4.08. The molecule has 1 aliphatic carbocycles. The van der Waals surface area contributed by atoms with Crippen LogP contribution >= 0.6 is 27.3 Å². The van der Waals surface area contributed by atoms with E-state index in [1.807, 2.05) is 6.07 Å². The summed E-state index contributed by atoms with van der Waals surface area (Å²) in [5.74, 6) is 0.508. The SMILES string of the molecule is CC1CC1(C#N)c1cc2ccc(Br)cc2s1.CO. The summed E-state index contributed by atoms with van der Waals surface area (Å²) in [6.45, 7) is 2.16. The summed E-state index contributed by atoms with van der Waals surface area (Å²) in [6, 6.07) is 11.0. The first-order valence-electron chi connectivity index (χ1n) is 5.71. The fourth-order valence-electron chi connectivity index (χ4n) is 2.20. The smallest absolute Gasteiger partial charge is 0.0944 e. The van der Waals surface area contributed by atoms with Gasteiger partial charge in [-0.2, -0.15) is 5.26 Å². The summed E-state index contributed by atoms with van der Waals surface area (Å²) in [4.78, 5) is 1.23. The van der Waals surface area contributed by atoms with Crippen LogP contribution in [-0.4, -0.2) is 12.2 Å². The van der Waals surface area contributed by atoms with Crippen molar-refractivity contribution in [1.29, 1.82) is 5.26 Å². The van der Waals surface area contributed by atoms with Gasteiger partial charge in [0.25, 0.3) is 0 Å². The number of rotatable bonds is 1. The van der Waals surface area contributed by atoms with Crippen LogP contribution < -0.4 is 0 Å². The molecule has 94 valence electrons. The summed E-state index contributed by atoms with van der Waals surface area (Å²) in [5, 5.41) is 17.6. The third-order valence-corrected chi connectivity index (χ3v) is 5.20. The maximum Gasteiger partial charge on any atom is 0.0944 e. The molecule has 0 amide bonds. The Bertz CT molecular complexity index is 616. The highest BCUT2D eigenvalue weighted by Gasteiger charge is 2.54. The highest BCUT2D eigenvalue weighted by atomic mass is 79.9. The zero-order chi connectivity index (χ0) is 13.3. The maximum absolute atomic E-state index is 9.31. The molecule has 0 aliphatic heterocycles. The van der Waals surface area contributed by atoms with Gasteiger partial charge in [-0.3, -0.25) is 0 Å². The van der Waals surface area contributed by atoms with Crippen LogP contribution in [-0.2, 0) is 5.41 Å². The topological polar surface area (TPSA) is 44.0 Å². The van der Waals surface area contributed by atoms with Gasteiger partial charge in [-0.1, -0.05) is 28.9 Å². The second kappa shape index (κ2) is 5.00. The predicted molar refractivity (Wildman–Crippen MR) is 78.7 cm³/mol. The molecule has 1 aliphatic rings. The number of benzene rings is 1. The molecule has 1 aromatic heterocycles. The molecule has 1 fully saturated rings. The van der Waals surface area contributed by atoms with Gasteiger partial charge >= 0.3 is 0 Å². The summed E-state index contributed by atoms with van der Waals surface area (Å²) in [6.07, 6.45) is 1.01. The Morgan fingerprint density at radius 3 is 2.67 bits per heavy atom. The highest BCUT2D eigenvalue weighted by Crippen LogP contribution is 2.56. The summed E-state index contributed by atoms with van der Waals surface area (Å²) >= 11 is 5.24. The van der Waals surface area contributed by atoms with E-state index < -0.39 is 0 Å². The van der Waals surface area contributed by atoms with Crippen molar-refractivity contribution in [2.45, 2.75) is 18.8 Å². The molecule has 0 bridgehead atoms. The molecule has 1 aromatic carbocycles. The molecule has 1 saturated carbocycles. The normalized spacial score (nSPS) is 25.2. The Morgan fingerprint density at radius 1 is 1.44 bits per heavy atom. The van der Waals surface area contributed by atoms with E-state index in [2.05, 4.69) is 47.1 Å². The molecule has 2 unspecified atom stereocenters. The lowest BCUT2D eigenvalue weighted by Crippen LogP contribution is -2.02. The molecule has 0 saturated heterocycles. The van der Waals surface area contributed by atoms with Gasteiger partial charge in [0.1, 0.15) is 0 Å². The van der Waals surface area contributed by atoms with Crippen LogP contribution in [0.25, 0.3) is 10.1 Å². The fraction of sp³-hybridized carbons (Fsp3) is 0.357. The van der Waals surface area contributed by atoms with Crippen LogP contribution in [0.4, 0.5) is 0 Å². The molecule has 4 heteroatoms. The van der Waals surface area contributed by atoms with Crippen molar-refractivity contribution in [3.63, 3.8) is 0 Å². The third-order valence-electron chi connectivity index (χ3n) is 3.43. The molecule has 1 N–H and O–H groups in total. The van der Waals surface area contributed by atoms with Crippen molar-refractivity contribution >= 4 is 37.4 Å². The van der Waals surface area contributed by atoms with Crippen LogP contribution in [0.1, 0.15) is 18.2 Å². The van der Waals surface area contributed by atoms with Gasteiger partial charge < -0.3 is 5.11 Å². The summed E-state index contributed by atoms with van der Waals surface area (Å²) in [5.41, 5.74) is -0.184. The van der Waals surface area contributed by atoms with Crippen molar-refractivity contribution in [3.05, 3.63) is 33.6 Å². The lowest BCUT2D eigenvalue weighted by Gasteiger charge is -2.01. The van der Waals surface area contributed by atoms with Gasteiger partial charge in [-0.25, -0.2) is 0 Å². The molecular formula is C14H14BrNOS. The molecule has 2 atom stereocenters. The van der Waals surface area contributed by atoms with E-state index in [1.165, 1.54) is 15.0 Å². The Balaban J connectivity index is 0.000000574. The number of halogens is 1. The number of thiophene rings is 1. The Labute approximate surface area is 119 Å². The molecule has 2 aromatic rings. The zero-order valence-electron chi connectivity index (χ0n) is 10.3. The van der Waals surface area contributed by atoms with E-state index in [-0.39, 0.29) is 5.41 Å². The van der Waals surface area contributed by atoms with Crippen molar-refractivity contribution in [1.82, 2.24) is 0 Å². The first kappa shape index (κ1) is 13.5. The molecule has 1 heterocycles. The van der Waals surface area contributed by atoms with Crippen LogP contribution in [0, 0.1) is 17.2 Å². The quantitative estimate of drug-likeness (QED) is 0.859. The largest absolute Gasteiger partial charge is 0.400 e. The minimum absolute atomic E-state index is 0.184. The van der Waals surface area contributed by atoms with Crippen LogP contribution in [0.2, 0.25) is 0 Å². The van der Waals surface area contributed by atoms with Gasteiger partial charge in [-0.05, 0) is 35.9 Å². The van der Waals surface area contributed by atoms with Crippen molar-refractivity contribution in [2.75, 3.05) is 7.11 Å². The van der Waals surface area contributed by atoms with E-state index in [9.17, 15) is 5.26 Å². The number of hydrogen-bond acceptors (Lipinski definition) is 3. The lowest BCUT2D eigenvalue weighted by molar-refractivity contribution is 0.399. The zero-order valence-corrected chi connectivity index (χ0v) is 12.7. The standard InChI is InChI=1S/C13H10BrNS.CH4O/c1-8-6-13(8,7-15)12-4-9-2-3-10(14)5-11(9)16-12;1-2/h2-5,8H,6H2,1H3;2H,1H3. The summed E-state index contributed by atoms with van der Waals surface area (Å²) < 4.78 is 2.36. The average molecular weight is 324 g/mol. The second-order valence-corrected chi connectivity index (χ2v) is 6.48. The van der Waals surface area contributed by atoms with Gasteiger partial charge in [0.15, 0.2) is 0 Å². The first-order valence-corrected chi connectivity index (χ1v) is 7.32. The van der Waals surface area contributed by atoms with Crippen molar-refractivity contribution < 1.29 is 5.11 Å². The molecule has 18 heavy (non-hydrogen) atoms. The number of aliphatic hydroxyl groups excluding tert-OH is 1. The molecule has 3 rings (SSSR count). The minimum atomic E-state index is -0.184. The molecule has 0 radical (unpaired) electrons. The maximum atomic E-state index is 9.31. The van der Waals surface area contributed by atoms with Crippen LogP contribution in [0.5, 0.6) is 0 Å². The van der Waals surface area contributed by atoms with Gasteiger partial charge in [-0.15, -0.1) is 11.3 Å². The van der Waals surface area contributed by atoms with E-state index in [0.717, 1.165) is 18.0 Å². The number of aliphatic hydroxyl groups is 1. The summed E-state index contributed by atoms with van der Waals surface area (Å²) in [7, 11) is 1.00.